The van der Waals surface area contributed by atoms with Crippen molar-refractivity contribution in [2.75, 3.05) is 11.6 Å². The summed E-state index contributed by atoms with van der Waals surface area (Å²) < 4.78 is 21.7. The fourth-order valence-electron chi connectivity index (χ4n) is 0.821. The number of halogens is 1. The van der Waals surface area contributed by atoms with Gasteiger partial charge in [0.1, 0.15) is 0 Å². The van der Waals surface area contributed by atoms with Crippen LogP contribution in [0.4, 0.5) is 0 Å². The third-order valence-corrected chi connectivity index (χ3v) is 4.33. The van der Waals surface area contributed by atoms with Crippen molar-refractivity contribution in [1.82, 2.24) is 0 Å². The highest BCUT2D eigenvalue weighted by Crippen LogP contribution is 2.22. The van der Waals surface area contributed by atoms with Crippen molar-refractivity contribution >= 4 is 38.3 Å². The van der Waals surface area contributed by atoms with Crippen LogP contribution in [0.2, 0.25) is 0 Å². The highest BCUT2D eigenvalue weighted by molar-refractivity contribution is 8.15. The molecule has 0 aliphatic carbocycles. The van der Waals surface area contributed by atoms with Gasteiger partial charge in [0.05, 0.1) is 11.6 Å². The SMILES string of the molecule is O=C(CCl)SC1C=CS(=O)(=O)C1. The highest BCUT2D eigenvalue weighted by atomic mass is 35.5. The van der Waals surface area contributed by atoms with E-state index in [1.54, 1.807) is 0 Å². The standard InChI is InChI=1S/C6H7ClO3S2/c7-3-6(8)11-5-1-2-12(9,10)4-5/h1-2,5H,3-4H2. The van der Waals surface area contributed by atoms with Gasteiger partial charge < -0.3 is 0 Å². The second kappa shape index (κ2) is 3.81. The summed E-state index contributed by atoms with van der Waals surface area (Å²) in [5, 5.41) is 0.705. The number of carbonyl (C=O) groups excluding carboxylic acids is 1. The first-order valence-corrected chi connectivity index (χ1v) is 6.33. The molecule has 0 saturated heterocycles. The first-order valence-electron chi connectivity index (χ1n) is 3.20. The second-order valence-electron chi connectivity index (χ2n) is 2.32. The third kappa shape index (κ3) is 2.80. The van der Waals surface area contributed by atoms with Crippen LogP contribution in [0.1, 0.15) is 0 Å². The third-order valence-electron chi connectivity index (χ3n) is 1.29. The number of carbonyl (C=O) groups is 1. The van der Waals surface area contributed by atoms with Crippen LogP contribution < -0.4 is 0 Å². The van der Waals surface area contributed by atoms with Crippen LogP contribution in [0.15, 0.2) is 11.5 Å². The Balaban J connectivity index is 2.51. The Hall–Kier alpha value is -0.000000000000000111. The van der Waals surface area contributed by atoms with Crippen LogP contribution in [-0.4, -0.2) is 30.4 Å². The average molecular weight is 227 g/mol. The lowest BCUT2D eigenvalue weighted by Gasteiger charge is -2.01. The molecule has 12 heavy (non-hydrogen) atoms. The van der Waals surface area contributed by atoms with E-state index in [4.69, 9.17) is 11.6 Å². The fourth-order valence-corrected chi connectivity index (χ4v) is 3.62. The zero-order chi connectivity index (χ0) is 9.19. The topological polar surface area (TPSA) is 51.2 Å². The molecule has 1 atom stereocenters. The quantitative estimate of drug-likeness (QED) is 0.654. The van der Waals surface area contributed by atoms with Crippen LogP contribution in [-0.2, 0) is 14.6 Å². The summed E-state index contributed by atoms with van der Waals surface area (Å²) in [5.74, 6) is -0.0602. The van der Waals surface area contributed by atoms with E-state index in [0.717, 1.165) is 17.2 Å². The van der Waals surface area contributed by atoms with E-state index < -0.39 is 9.84 Å². The average Bonchev–Trinajstić information content (AvgIpc) is 2.30. The minimum Gasteiger partial charge on any atom is -0.286 e. The molecule has 1 heterocycles. The summed E-state index contributed by atoms with van der Waals surface area (Å²) >= 11 is 6.23. The monoisotopic (exact) mass is 226 g/mol. The molecule has 68 valence electrons. The van der Waals surface area contributed by atoms with E-state index in [2.05, 4.69) is 0 Å². The van der Waals surface area contributed by atoms with Crippen molar-refractivity contribution in [3.63, 3.8) is 0 Å². The van der Waals surface area contributed by atoms with Gasteiger partial charge in [-0.25, -0.2) is 8.42 Å². The Kier molecular flexibility index (Phi) is 3.20. The van der Waals surface area contributed by atoms with E-state index in [1.807, 2.05) is 0 Å². The number of alkyl halides is 1. The number of thioether (sulfide) groups is 1. The first-order chi connectivity index (χ1) is 5.53. The molecule has 0 bridgehead atoms. The Morgan fingerprint density at radius 2 is 2.33 bits per heavy atom. The Labute approximate surface area is 80.1 Å². The maximum absolute atomic E-state index is 10.9. The predicted molar refractivity (Wildman–Crippen MR) is 50.0 cm³/mol. The van der Waals surface area contributed by atoms with Crippen LogP contribution >= 0.6 is 23.4 Å². The molecule has 0 aromatic carbocycles. The van der Waals surface area contributed by atoms with Crippen LogP contribution in [0.25, 0.3) is 0 Å². The zero-order valence-electron chi connectivity index (χ0n) is 6.07. The molecule has 0 aromatic heterocycles. The normalized spacial score (nSPS) is 25.9. The molecule has 3 nitrogen and oxygen atoms in total. The minimum absolute atomic E-state index is 0.0142. The van der Waals surface area contributed by atoms with Crippen molar-refractivity contribution in [2.24, 2.45) is 0 Å². The van der Waals surface area contributed by atoms with Gasteiger partial charge in [-0.15, -0.1) is 11.6 Å². The molecule has 0 spiro atoms. The van der Waals surface area contributed by atoms with E-state index in [1.165, 1.54) is 6.08 Å². The number of sulfone groups is 1. The Bertz CT molecular complexity index is 307. The van der Waals surface area contributed by atoms with Gasteiger partial charge in [0.2, 0.25) is 5.12 Å². The van der Waals surface area contributed by atoms with Crippen molar-refractivity contribution in [2.45, 2.75) is 5.25 Å². The fraction of sp³-hybridized carbons (Fsp3) is 0.500. The molecule has 1 unspecified atom stereocenters. The Morgan fingerprint density at radius 3 is 2.75 bits per heavy atom. The highest BCUT2D eigenvalue weighted by Gasteiger charge is 2.23. The number of hydrogen-bond donors (Lipinski definition) is 0. The van der Waals surface area contributed by atoms with Crippen LogP contribution in [0.3, 0.4) is 0 Å². The molecule has 6 heteroatoms. The summed E-state index contributed by atoms with van der Waals surface area (Å²) in [4.78, 5) is 10.8. The van der Waals surface area contributed by atoms with E-state index >= 15 is 0 Å². The summed E-state index contributed by atoms with van der Waals surface area (Å²) in [6.45, 7) is 0. The van der Waals surface area contributed by atoms with Crippen molar-refractivity contribution in [3.05, 3.63) is 11.5 Å². The second-order valence-corrected chi connectivity index (χ2v) is 5.82. The first kappa shape index (κ1) is 10.1. The van der Waals surface area contributed by atoms with Crippen molar-refractivity contribution in [3.8, 4) is 0 Å². The zero-order valence-corrected chi connectivity index (χ0v) is 8.45. The van der Waals surface area contributed by atoms with Gasteiger partial charge in [0.25, 0.3) is 0 Å². The van der Waals surface area contributed by atoms with Gasteiger partial charge in [-0.05, 0) is 0 Å². The summed E-state index contributed by atoms with van der Waals surface area (Å²) in [7, 11) is -3.05. The lowest BCUT2D eigenvalue weighted by atomic mass is 10.5. The van der Waals surface area contributed by atoms with Crippen molar-refractivity contribution in [1.29, 1.82) is 0 Å². The molecule has 1 rings (SSSR count). The molecule has 1 aliphatic rings. The number of hydrogen-bond acceptors (Lipinski definition) is 4. The molecule has 0 radical (unpaired) electrons. The molecular formula is C6H7ClO3S2. The maximum atomic E-state index is 10.9. The molecule has 0 aromatic rings. The van der Waals surface area contributed by atoms with Gasteiger partial charge in [-0.2, -0.15) is 0 Å². The lowest BCUT2D eigenvalue weighted by Crippen LogP contribution is -2.10. The summed E-state index contributed by atoms with van der Waals surface area (Å²) in [6.07, 6.45) is 1.52. The maximum Gasteiger partial charge on any atom is 0.204 e. The molecule has 0 fully saturated rings. The van der Waals surface area contributed by atoms with E-state index in [9.17, 15) is 13.2 Å². The van der Waals surface area contributed by atoms with Crippen LogP contribution in [0, 0.1) is 0 Å². The molecular weight excluding hydrogens is 220 g/mol. The van der Waals surface area contributed by atoms with Crippen molar-refractivity contribution < 1.29 is 13.2 Å². The summed E-state index contributed by atoms with van der Waals surface area (Å²) in [6, 6.07) is 0. The molecule has 0 amide bonds. The predicted octanol–water partition coefficient (Wildman–Crippen LogP) is 0.796. The lowest BCUT2D eigenvalue weighted by molar-refractivity contribution is -0.108. The van der Waals surface area contributed by atoms with Gasteiger partial charge in [-0.3, -0.25) is 4.79 Å². The van der Waals surface area contributed by atoms with Gasteiger partial charge in [0.15, 0.2) is 9.84 Å². The molecule has 1 aliphatic heterocycles. The smallest absolute Gasteiger partial charge is 0.204 e. The Morgan fingerprint density at radius 1 is 1.67 bits per heavy atom. The van der Waals surface area contributed by atoms with Gasteiger partial charge in [0, 0.05) is 10.7 Å². The van der Waals surface area contributed by atoms with Gasteiger partial charge in [-0.1, -0.05) is 17.8 Å². The van der Waals surface area contributed by atoms with Crippen LogP contribution in [0.5, 0.6) is 0 Å². The number of rotatable bonds is 2. The molecule has 0 saturated carbocycles. The van der Waals surface area contributed by atoms with Gasteiger partial charge >= 0.3 is 0 Å². The summed E-state index contributed by atoms with van der Waals surface area (Å²) in [5.41, 5.74) is 0. The molecule has 0 N–H and O–H groups in total. The minimum atomic E-state index is -3.05. The largest absolute Gasteiger partial charge is 0.286 e. The van der Waals surface area contributed by atoms with E-state index in [-0.39, 0.29) is 22.0 Å². The van der Waals surface area contributed by atoms with E-state index in [0.29, 0.717) is 0 Å².